The number of nitrogens with two attached hydrogens (primary N) is 1. The van der Waals surface area contributed by atoms with Crippen molar-refractivity contribution in [2.75, 3.05) is 13.1 Å². The summed E-state index contributed by atoms with van der Waals surface area (Å²) in [6.07, 6.45) is 2.16. The second-order valence-electron chi connectivity index (χ2n) is 3.80. The van der Waals surface area contributed by atoms with Crippen molar-refractivity contribution in [3.05, 3.63) is 11.7 Å². The molecule has 1 aromatic heterocycles. The summed E-state index contributed by atoms with van der Waals surface area (Å²) in [6, 6.07) is -0.169. The van der Waals surface area contributed by atoms with E-state index in [9.17, 15) is 0 Å². The summed E-state index contributed by atoms with van der Waals surface area (Å²) in [4.78, 5) is 4.30. The lowest BCUT2D eigenvalue weighted by atomic mass is 9.98. The topological polar surface area (TPSA) is 77.0 Å². The fraction of sp³-hybridized carbons (Fsp3) is 0.778. The number of nitrogens with one attached hydrogen (secondary N) is 1. The van der Waals surface area contributed by atoms with Gasteiger partial charge in [0.2, 0.25) is 5.89 Å². The quantitative estimate of drug-likeness (QED) is 0.722. The highest BCUT2D eigenvalue weighted by Crippen LogP contribution is 2.23. The first-order valence-corrected chi connectivity index (χ1v) is 5.07. The van der Waals surface area contributed by atoms with Gasteiger partial charge in [0, 0.05) is 5.92 Å². The molecule has 5 nitrogen and oxygen atoms in total. The van der Waals surface area contributed by atoms with Gasteiger partial charge in [-0.2, -0.15) is 4.98 Å². The molecule has 14 heavy (non-hydrogen) atoms. The molecule has 3 N–H and O–H groups in total. The molecular formula is C9H16N4O. The minimum atomic E-state index is -0.169. The average Bonchev–Trinajstić information content (AvgIpc) is 2.68. The Bertz CT molecular complexity index is 291. The monoisotopic (exact) mass is 196 g/mol. The van der Waals surface area contributed by atoms with E-state index < -0.39 is 0 Å². The van der Waals surface area contributed by atoms with Crippen LogP contribution >= 0.6 is 0 Å². The van der Waals surface area contributed by atoms with Crippen LogP contribution in [0.15, 0.2) is 4.52 Å². The minimum absolute atomic E-state index is 0.169. The maximum absolute atomic E-state index is 5.65. The molecule has 0 spiro atoms. The first-order chi connectivity index (χ1) is 6.77. The van der Waals surface area contributed by atoms with Crippen molar-refractivity contribution < 1.29 is 4.52 Å². The Morgan fingerprint density at radius 2 is 2.21 bits per heavy atom. The highest BCUT2D eigenvalue weighted by Gasteiger charge is 2.21. The first-order valence-electron chi connectivity index (χ1n) is 5.07. The van der Waals surface area contributed by atoms with Crippen molar-refractivity contribution in [2.24, 2.45) is 5.73 Å². The Labute approximate surface area is 83.1 Å². The largest absolute Gasteiger partial charge is 0.338 e. The highest BCUT2D eigenvalue weighted by atomic mass is 16.5. The molecule has 1 fully saturated rings. The van der Waals surface area contributed by atoms with Gasteiger partial charge in [0.05, 0.1) is 6.04 Å². The molecule has 0 aliphatic carbocycles. The van der Waals surface area contributed by atoms with Crippen LogP contribution in [0.1, 0.15) is 43.4 Å². The molecule has 0 radical (unpaired) electrons. The number of rotatable bonds is 2. The van der Waals surface area contributed by atoms with Gasteiger partial charge in [-0.15, -0.1) is 0 Å². The van der Waals surface area contributed by atoms with Gasteiger partial charge in [-0.3, -0.25) is 0 Å². The van der Waals surface area contributed by atoms with Gasteiger partial charge in [-0.05, 0) is 32.9 Å². The molecule has 2 heterocycles. The Morgan fingerprint density at radius 1 is 1.50 bits per heavy atom. The summed E-state index contributed by atoms with van der Waals surface area (Å²) in [5.41, 5.74) is 5.65. The van der Waals surface area contributed by atoms with Gasteiger partial charge >= 0.3 is 0 Å². The number of aromatic nitrogens is 2. The smallest absolute Gasteiger partial charge is 0.243 e. The lowest BCUT2D eigenvalue weighted by molar-refractivity contribution is 0.348. The lowest BCUT2D eigenvalue weighted by Gasteiger charge is -2.18. The number of hydrogen-bond donors (Lipinski definition) is 2. The maximum atomic E-state index is 5.65. The molecule has 2 rings (SSSR count). The summed E-state index contributed by atoms with van der Waals surface area (Å²) in [5.74, 6) is 1.80. The molecule has 5 heteroatoms. The SMILES string of the molecule is CC(N)c1nc(C2CCNCC2)no1. The van der Waals surface area contributed by atoms with Crippen LogP contribution in [0.25, 0.3) is 0 Å². The molecule has 1 saturated heterocycles. The van der Waals surface area contributed by atoms with Crippen molar-refractivity contribution in [3.63, 3.8) is 0 Å². The predicted octanol–water partition coefficient (Wildman–Crippen LogP) is 0.556. The number of nitrogens with zero attached hydrogens (tertiary/aromatic N) is 2. The summed E-state index contributed by atoms with van der Waals surface area (Å²) in [6.45, 7) is 3.92. The van der Waals surface area contributed by atoms with Gasteiger partial charge in [-0.25, -0.2) is 0 Å². The fourth-order valence-corrected chi connectivity index (χ4v) is 1.68. The van der Waals surface area contributed by atoms with E-state index in [-0.39, 0.29) is 6.04 Å². The van der Waals surface area contributed by atoms with Crippen LogP contribution in [0, 0.1) is 0 Å². The van der Waals surface area contributed by atoms with Crippen molar-refractivity contribution in [1.82, 2.24) is 15.5 Å². The van der Waals surface area contributed by atoms with Crippen LogP contribution < -0.4 is 11.1 Å². The van der Waals surface area contributed by atoms with Crippen molar-refractivity contribution >= 4 is 0 Å². The number of piperidine rings is 1. The number of hydrogen-bond acceptors (Lipinski definition) is 5. The van der Waals surface area contributed by atoms with Gasteiger partial charge in [0.1, 0.15) is 0 Å². The normalized spacial score (nSPS) is 21.0. The Kier molecular flexibility index (Phi) is 2.79. The second-order valence-corrected chi connectivity index (χ2v) is 3.80. The van der Waals surface area contributed by atoms with Crippen molar-refractivity contribution in [3.8, 4) is 0 Å². The van der Waals surface area contributed by atoms with Gasteiger partial charge in [0.25, 0.3) is 0 Å². The average molecular weight is 196 g/mol. The molecule has 1 atom stereocenters. The zero-order valence-corrected chi connectivity index (χ0v) is 8.36. The zero-order chi connectivity index (χ0) is 9.97. The summed E-state index contributed by atoms with van der Waals surface area (Å²) < 4.78 is 5.07. The van der Waals surface area contributed by atoms with Crippen molar-refractivity contribution in [1.29, 1.82) is 0 Å². The predicted molar refractivity (Wildman–Crippen MR) is 51.7 cm³/mol. The molecule has 78 valence electrons. The van der Waals surface area contributed by atoms with Crippen LogP contribution in [0.2, 0.25) is 0 Å². The summed E-state index contributed by atoms with van der Waals surface area (Å²) in [5, 5.41) is 7.27. The lowest BCUT2D eigenvalue weighted by Crippen LogP contribution is -2.27. The third kappa shape index (κ3) is 1.93. The second kappa shape index (κ2) is 4.06. The van der Waals surface area contributed by atoms with E-state index in [1.165, 1.54) is 0 Å². The van der Waals surface area contributed by atoms with E-state index in [0.29, 0.717) is 11.8 Å². The van der Waals surface area contributed by atoms with E-state index in [1.807, 2.05) is 6.92 Å². The highest BCUT2D eigenvalue weighted by molar-refractivity contribution is 4.99. The van der Waals surface area contributed by atoms with Crippen LogP contribution in [-0.2, 0) is 0 Å². The van der Waals surface area contributed by atoms with E-state index in [4.69, 9.17) is 10.3 Å². The van der Waals surface area contributed by atoms with E-state index in [1.54, 1.807) is 0 Å². The molecular weight excluding hydrogens is 180 g/mol. The molecule has 1 aromatic rings. The van der Waals surface area contributed by atoms with Crippen LogP contribution in [0.4, 0.5) is 0 Å². The standard InChI is InChI=1S/C9H16N4O/c1-6(10)9-12-8(13-14-9)7-2-4-11-5-3-7/h6-7,11H,2-5,10H2,1H3. The van der Waals surface area contributed by atoms with Crippen LogP contribution in [0.5, 0.6) is 0 Å². The summed E-state index contributed by atoms with van der Waals surface area (Å²) >= 11 is 0. The Balaban J connectivity index is 2.07. The summed E-state index contributed by atoms with van der Waals surface area (Å²) in [7, 11) is 0. The molecule has 0 bridgehead atoms. The molecule has 0 amide bonds. The van der Waals surface area contributed by atoms with Gasteiger partial charge in [-0.1, -0.05) is 5.16 Å². The van der Waals surface area contributed by atoms with Gasteiger partial charge in [0.15, 0.2) is 5.82 Å². The molecule has 1 unspecified atom stereocenters. The Morgan fingerprint density at radius 3 is 2.79 bits per heavy atom. The molecule has 1 aliphatic rings. The van der Waals surface area contributed by atoms with E-state index in [0.717, 1.165) is 31.8 Å². The molecule has 0 aromatic carbocycles. The Hall–Kier alpha value is -0.940. The minimum Gasteiger partial charge on any atom is -0.338 e. The van der Waals surface area contributed by atoms with E-state index in [2.05, 4.69) is 15.5 Å². The maximum Gasteiger partial charge on any atom is 0.243 e. The van der Waals surface area contributed by atoms with Gasteiger partial charge < -0.3 is 15.6 Å². The van der Waals surface area contributed by atoms with Crippen LogP contribution in [-0.4, -0.2) is 23.2 Å². The fourth-order valence-electron chi connectivity index (χ4n) is 1.68. The molecule has 0 saturated carbocycles. The third-order valence-corrected chi connectivity index (χ3v) is 2.55. The van der Waals surface area contributed by atoms with E-state index >= 15 is 0 Å². The van der Waals surface area contributed by atoms with Crippen molar-refractivity contribution in [2.45, 2.75) is 31.7 Å². The first kappa shape index (κ1) is 9.61. The van der Waals surface area contributed by atoms with Crippen LogP contribution in [0.3, 0.4) is 0 Å². The molecule has 1 aliphatic heterocycles. The third-order valence-electron chi connectivity index (χ3n) is 2.55. The zero-order valence-electron chi connectivity index (χ0n) is 8.36.